The third-order valence-corrected chi connectivity index (χ3v) is 3.97. The fraction of sp³-hybridized carbons (Fsp3) is 0.533. The van der Waals surface area contributed by atoms with Crippen molar-refractivity contribution in [1.29, 1.82) is 0 Å². The van der Waals surface area contributed by atoms with Crippen LogP contribution in [0.3, 0.4) is 0 Å². The molecule has 1 aliphatic carbocycles. The number of benzene rings is 1. The summed E-state index contributed by atoms with van der Waals surface area (Å²) in [6.45, 7) is 1.49. The van der Waals surface area contributed by atoms with Crippen molar-refractivity contribution in [1.82, 2.24) is 5.32 Å². The van der Waals surface area contributed by atoms with Crippen molar-refractivity contribution in [3.63, 3.8) is 0 Å². The molecule has 1 aromatic rings. The van der Waals surface area contributed by atoms with E-state index in [4.69, 9.17) is 4.74 Å². The summed E-state index contributed by atoms with van der Waals surface area (Å²) < 4.78 is 19.3. The normalized spacial score (nSPS) is 18.8. The Labute approximate surface area is 117 Å². The minimum Gasteiger partial charge on any atom is -0.496 e. The van der Waals surface area contributed by atoms with Crippen molar-refractivity contribution in [2.75, 3.05) is 7.11 Å². The molecule has 0 heterocycles. The maximum Gasteiger partial charge on any atom is 0.328 e. The van der Waals surface area contributed by atoms with Crippen LogP contribution in [0.5, 0.6) is 5.75 Å². The number of halogens is 1. The molecule has 0 radical (unpaired) electrons. The molecule has 2 rings (SSSR count). The monoisotopic (exact) mass is 281 g/mol. The number of methoxy groups -OCH3 is 1. The van der Waals surface area contributed by atoms with Gasteiger partial charge in [-0.05, 0) is 31.9 Å². The van der Waals surface area contributed by atoms with Crippen LogP contribution in [0.2, 0.25) is 0 Å². The van der Waals surface area contributed by atoms with Crippen LogP contribution in [0.4, 0.5) is 4.39 Å². The lowest BCUT2D eigenvalue weighted by atomic mass is 9.89. The average molecular weight is 281 g/mol. The van der Waals surface area contributed by atoms with E-state index >= 15 is 0 Å². The van der Waals surface area contributed by atoms with Gasteiger partial charge in [-0.25, -0.2) is 9.18 Å². The summed E-state index contributed by atoms with van der Waals surface area (Å²) in [4.78, 5) is 11.7. The predicted octanol–water partition coefficient (Wildman–Crippen LogP) is 2.67. The largest absolute Gasteiger partial charge is 0.496 e. The second kappa shape index (κ2) is 5.79. The third kappa shape index (κ3) is 2.63. The zero-order chi connectivity index (χ0) is 14.8. The first-order valence-electron chi connectivity index (χ1n) is 6.83. The van der Waals surface area contributed by atoms with Crippen molar-refractivity contribution in [3.8, 4) is 5.75 Å². The van der Waals surface area contributed by atoms with Crippen LogP contribution in [0.25, 0.3) is 0 Å². The second-order valence-electron chi connectivity index (χ2n) is 5.37. The van der Waals surface area contributed by atoms with Crippen molar-refractivity contribution in [2.24, 2.45) is 0 Å². The molecule has 0 aliphatic heterocycles. The number of aliphatic carboxylic acids is 1. The number of rotatable bonds is 5. The first-order valence-corrected chi connectivity index (χ1v) is 6.83. The Morgan fingerprint density at radius 2 is 2.10 bits per heavy atom. The molecule has 0 saturated heterocycles. The van der Waals surface area contributed by atoms with E-state index in [1.165, 1.54) is 26.2 Å². The molecule has 1 unspecified atom stereocenters. The lowest BCUT2D eigenvalue weighted by Gasteiger charge is -2.31. The predicted molar refractivity (Wildman–Crippen MR) is 73.3 cm³/mol. The molecule has 1 atom stereocenters. The van der Waals surface area contributed by atoms with E-state index in [1.807, 2.05) is 0 Å². The summed E-state index contributed by atoms with van der Waals surface area (Å²) in [7, 11) is 1.41. The Bertz CT molecular complexity index is 500. The number of carbonyl (C=O) groups is 1. The van der Waals surface area contributed by atoms with Gasteiger partial charge in [-0.15, -0.1) is 0 Å². The zero-order valence-corrected chi connectivity index (χ0v) is 11.8. The molecule has 0 bridgehead atoms. The van der Waals surface area contributed by atoms with Crippen LogP contribution in [0.1, 0.15) is 38.2 Å². The minimum atomic E-state index is -1.49. The van der Waals surface area contributed by atoms with Gasteiger partial charge in [-0.3, -0.25) is 5.32 Å². The summed E-state index contributed by atoms with van der Waals surface area (Å²) >= 11 is 0. The maximum atomic E-state index is 14.2. The molecule has 110 valence electrons. The van der Waals surface area contributed by atoms with Gasteiger partial charge in [-0.2, -0.15) is 0 Å². The third-order valence-electron chi connectivity index (χ3n) is 3.97. The van der Waals surface area contributed by atoms with Gasteiger partial charge in [0.1, 0.15) is 17.1 Å². The highest BCUT2D eigenvalue weighted by atomic mass is 19.1. The van der Waals surface area contributed by atoms with E-state index in [-0.39, 0.29) is 17.4 Å². The number of hydrogen-bond acceptors (Lipinski definition) is 3. The number of ether oxygens (including phenoxy) is 1. The van der Waals surface area contributed by atoms with Gasteiger partial charge in [0.15, 0.2) is 0 Å². The van der Waals surface area contributed by atoms with Crippen LogP contribution in [-0.2, 0) is 10.3 Å². The highest BCUT2D eigenvalue weighted by Crippen LogP contribution is 2.34. The zero-order valence-electron chi connectivity index (χ0n) is 11.8. The molecular weight excluding hydrogens is 261 g/mol. The van der Waals surface area contributed by atoms with Crippen molar-refractivity contribution in [3.05, 3.63) is 29.6 Å². The van der Waals surface area contributed by atoms with E-state index in [9.17, 15) is 14.3 Å². The molecule has 0 spiro atoms. The Balaban J connectivity index is 2.44. The quantitative estimate of drug-likeness (QED) is 0.871. The molecule has 0 amide bonds. The molecule has 0 aromatic heterocycles. The fourth-order valence-corrected chi connectivity index (χ4v) is 2.88. The first kappa shape index (κ1) is 14.8. The average Bonchev–Trinajstić information content (AvgIpc) is 2.90. The van der Waals surface area contributed by atoms with Gasteiger partial charge in [0.05, 0.1) is 12.7 Å². The van der Waals surface area contributed by atoms with E-state index in [0.717, 1.165) is 25.7 Å². The van der Waals surface area contributed by atoms with Crippen molar-refractivity contribution >= 4 is 5.97 Å². The van der Waals surface area contributed by atoms with Crippen molar-refractivity contribution in [2.45, 2.75) is 44.2 Å². The van der Waals surface area contributed by atoms with E-state index < -0.39 is 17.3 Å². The van der Waals surface area contributed by atoms with Gasteiger partial charge in [0.2, 0.25) is 0 Å². The number of carboxylic acids is 1. The fourth-order valence-electron chi connectivity index (χ4n) is 2.88. The smallest absolute Gasteiger partial charge is 0.328 e. The SMILES string of the molecule is COc1cccc(F)c1C(C)(NC1CCCC1)C(=O)O. The molecule has 20 heavy (non-hydrogen) atoms. The second-order valence-corrected chi connectivity index (χ2v) is 5.37. The maximum absolute atomic E-state index is 14.2. The standard InChI is InChI=1S/C15H20FNO3/c1-15(14(18)19,17-10-6-3-4-7-10)13-11(16)8-5-9-12(13)20-2/h5,8-10,17H,3-4,6-7H2,1-2H3,(H,18,19). The van der Waals surface area contributed by atoms with Crippen LogP contribution in [0.15, 0.2) is 18.2 Å². The number of carboxylic acid groups (broad SMARTS) is 1. The van der Waals surface area contributed by atoms with Crippen LogP contribution < -0.4 is 10.1 Å². The van der Waals surface area contributed by atoms with E-state index in [1.54, 1.807) is 6.07 Å². The van der Waals surface area contributed by atoms with Gasteiger partial charge in [-0.1, -0.05) is 18.9 Å². The summed E-state index contributed by atoms with van der Waals surface area (Å²) in [5, 5.41) is 12.7. The molecule has 4 nitrogen and oxygen atoms in total. The Hall–Kier alpha value is -1.62. The molecule has 1 saturated carbocycles. The lowest BCUT2D eigenvalue weighted by Crippen LogP contribution is -2.51. The van der Waals surface area contributed by atoms with E-state index in [0.29, 0.717) is 0 Å². The number of nitrogens with one attached hydrogen (secondary N) is 1. The summed E-state index contributed by atoms with van der Waals surface area (Å²) in [5.41, 5.74) is -1.44. The molecule has 5 heteroatoms. The Morgan fingerprint density at radius 3 is 2.65 bits per heavy atom. The van der Waals surface area contributed by atoms with E-state index in [2.05, 4.69) is 5.32 Å². The van der Waals surface area contributed by atoms with Gasteiger partial charge < -0.3 is 9.84 Å². The summed E-state index contributed by atoms with van der Waals surface area (Å²) in [6, 6.07) is 4.45. The Kier molecular flexibility index (Phi) is 4.28. The van der Waals surface area contributed by atoms with Crippen LogP contribution >= 0.6 is 0 Å². The highest BCUT2D eigenvalue weighted by molar-refractivity contribution is 5.81. The van der Waals surface area contributed by atoms with Crippen molar-refractivity contribution < 1.29 is 19.0 Å². The molecule has 1 fully saturated rings. The van der Waals surface area contributed by atoms with Gasteiger partial charge >= 0.3 is 5.97 Å². The molecule has 1 aliphatic rings. The lowest BCUT2D eigenvalue weighted by molar-refractivity contribution is -0.145. The highest BCUT2D eigenvalue weighted by Gasteiger charge is 2.42. The van der Waals surface area contributed by atoms with Crippen LogP contribution in [-0.4, -0.2) is 24.2 Å². The number of hydrogen-bond donors (Lipinski definition) is 2. The summed E-state index contributed by atoms with van der Waals surface area (Å²) in [6.07, 6.45) is 3.98. The topological polar surface area (TPSA) is 58.6 Å². The van der Waals surface area contributed by atoms with Gasteiger partial charge in [0, 0.05) is 6.04 Å². The minimum absolute atomic E-state index is 0.0573. The first-order chi connectivity index (χ1) is 9.49. The molecule has 2 N–H and O–H groups in total. The Morgan fingerprint density at radius 1 is 1.45 bits per heavy atom. The molecular formula is C15H20FNO3. The molecule has 1 aromatic carbocycles. The van der Waals surface area contributed by atoms with Crippen LogP contribution in [0, 0.1) is 5.82 Å². The summed E-state index contributed by atoms with van der Waals surface area (Å²) in [5.74, 6) is -1.42. The van der Waals surface area contributed by atoms with Gasteiger partial charge in [0.25, 0.3) is 0 Å².